The molecular weight excluding hydrogens is 271 g/mol. The van der Waals surface area contributed by atoms with E-state index >= 15 is 0 Å². The first-order valence-corrected chi connectivity index (χ1v) is 4.66. The van der Waals surface area contributed by atoms with Crippen molar-refractivity contribution in [2.75, 3.05) is 0 Å². The fourth-order valence-corrected chi connectivity index (χ4v) is 1.18. The molecule has 0 bridgehead atoms. The summed E-state index contributed by atoms with van der Waals surface area (Å²) in [6.45, 7) is 0. The van der Waals surface area contributed by atoms with Crippen molar-refractivity contribution in [3.8, 4) is 0 Å². The van der Waals surface area contributed by atoms with Gasteiger partial charge in [-0.2, -0.15) is 0 Å². The summed E-state index contributed by atoms with van der Waals surface area (Å²) < 4.78 is 13.7. The summed E-state index contributed by atoms with van der Waals surface area (Å²) in [7, 11) is 0. The van der Waals surface area contributed by atoms with Gasteiger partial charge < -0.3 is 11.5 Å². The van der Waals surface area contributed by atoms with Crippen LogP contribution >= 0.6 is 28.1 Å². The van der Waals surface area contributed by atoms with Crippen molar-refractivity contribution in [3.05, 3.63) is 28.2 Å². The standard InChI is InChI=1S/C7H6BrFN4S/c8-3-1-4(9)5(12-2-3)6(10)13-7(11)14/h1-2H,(H4,10,11,13,14). The lowest BCUT2D eigenvalue weighted by Gasteiger charge is -2.00. The average Bonchev–Trinajstić information content (AvgIpc) is 2.01. The van der Waals surface area contributed by atoms with Gasteiger partial charge in [0.25, 0.3) is 0 Å². The summed E-state index contributed by atoms with van der Waals surface area (Å²) >= 11 is 7.55. The van der Waals surface area contributed by atoms with Gasteiger partial charge in [-0.05, 0) is 34.2 Å². The Balaban J connectivity index is 3.14. The van der Waals surface area contributed by atoms with Crippen molar-refractivity contribution in [3.63, 3.8) is 0 Å². The van der Waals surface area contributed by atoms with Crippen LogP contribution in [0.1, 0.15) is 5.69 Å². The van der Waals surface area contributed by atoms with Gasteiger partial charge in [-0.25, -0.2) is 14.4 Å². The molecule has 7 heteroatoms. The zero-order chi connectivity index (χ0) is 10.7. The number of halogens is 2. The van der Waals surface area contributed by atoms with E-state index in [2.05, 4.69) is 38.1 Å². The molecule has 0 aliphatic rings. The summed E-state index contributed by atoms with van der Waals surface area (Å²) in [6, 6.07) is 1.23. The molecule has 0 unspecified atom stereocenters. The first kappa shape index (κ1) is 11.0. The summed E-state index contributed by atoms with van der Waals surface area (Å²) in [5, 5.41) is -0.161. The maximum absolute atomic E-state index is 13.2. The second-order valence-electron chi connectivity index (χ2n) is 2.32. The number of thiocarbonyl (C=S) groups is 1. The molecule has 4 nitrogen and oxygen atoms in total. The molecule has 0 spiro atoms. The van der Waals surface area contributed by atoms with E-state index in [1.165, 1.54) is 12.3 Å². The molecule has 0 atom stereocenters. The molecule has 0 aliphatic heterocycles. The van der Waals surface area contributed by atoms with Crippen molar-refractivity contribution in [1.29, 1.82) is 0 Å². The van der Waals surface area contributed by atoms with Crippen LogP contribution in [0.25, 0.3) is 0 Å². The van der Waals surface area contributed by atoms with E-state index in [0.717, 1.165) is 0 Å². The van der Waals surface area contributed by atoms with Crippen LogP contribution in [0, 0.1) is 5.82 Å². The number of aromatic nitrogens is 1. The Bertz CT molecular complexity index is 407. The van der Waals surface area contributed by atoms with Crippen molar-refractivity contribution in [1.82, 2.24) is 4.98 Å². The third-order valence-corrected chi connectivity index (χ3v) is 1.81. The zero-order valence-corrected chi connectivity index (χ0v) is 9.27. The summed E-state index contributed by atoms with van der Waals surface area (Å²) in [5.74, 6) is -0.723. The summed E-state index contributed by atoms with van der Waals surface area (Å²) in [6.07, 6.45) is 1.40. The van der Waals surface area contributed by atoms with E-state index in [9.17, 15) is 4.39 Å². The number of hydrogen-bond donors (Lipinski definition) is 2. The van der Waals surface area contributed by atoms with Gasteiger partial charge in [0.2, 0.25) is 0 Å². The number of aliphatic imine (C=N–C) groups is 1. The highest BCUT2D eigenvalue weighted by molar-refractivity contribution is 9.10. The van der Waals surface area contributed by atoms with Crippen LogP contribution in [-0.4, -0.2) is 15.9 Å². The van der Waals surface area contributed by atoms with E-state index in [1.807, 2.05) is 0 Å². The number of amidine groups is 1. The largest absolute Gasteiger partial charge is 0.382 e. The molecule has 0 aliphatic carbocycles. The number of pyridine rings is 1. The lowest BCUT2D eigenvalue weighted by atomic mass is 10.3. The molecule has 14 heavy (non-hydrogen) atoms. The maximum Gasteiger partial charge on any atom is 0.192 e. The van der Waals surface area contributed by atoms with Crippen LogP contribution in [0.2, 0.25) is 0 Å². The molecule has 0 saturated carbocycles. The smallest absolute Gasteiger partial charge is 0.192 e. The van der Waals surface area contributed by atoms with Crippen LogP contribution in [0.15, 0.2) is 21.7 Å². The van der Waals surface area contributed by atoms with Gasteiger partial charge in [0.15, 0.2) is 16.8 Å². The molecule has 1 rings (SSSR count). The fourth-order valence-electron chi connectivity index (χ4n) is 0.775. The van der Waals surface area contributed by atoms with Crippen LogP contribution < -0.4 is 11.5 Å². The third kappa shape index (κ3) is 2.71. The van der Waals surface area contributed by atoms with E-state index in [-0.39, 0.29) is 16.6 Å². The molecule has 0 fully saturated rings. The van der Waals surface area contributed by atoms with E-state index in [0.29, 0.717) is 4.47 Å². The minimum atomic E-state index is -0.586. The number of nitrogens with zero attached hydrogens (tertiary/aromatic N) is 2. The maximum atomic E-state index is 13.2. The van der Waals surface area contributed by atoms with E-state index < -0.39 is 5.82 Å². The Hall–Kier alpha value is -1.08. The monoisotopic (exact) mass is 276 g/mol. The molecule has 0 radical (unpaired) electrons. The van der Waals surface area contributed by atoms with Gasteiger partial charge in [0, 0.05) is 10.7 Å². The highest BCUT2D eigenvalue weighted by atomic mass is 79.9. The molecule has 1 aromatic heterocycles. The molecule has 0 aromatic carbocycles. The Labute approximate surface area is 93.3 Å². The molecule has 1 aromatic rings. The van der Waals surface area contributed by atoms with Gasteiger partial charge in [0.05, 0.1) is 0 Å². The fraction of sp³-hybridized carbons (Fsp3) is 0. The lowest BCUT2D eigenvalue weighted by molar-refractivity contribution is 0.617. The molecule has 74 valence electrons. The summed E-state index contributed by atoms with van der Waals surface area (Å²) in [5.41, 5.74) is 10.5. The predicted octanol–water partition coefficient (Wildman–Crippen LogP) is 0.932. The molecule has 4 N–H and O–H groups in total. The van der Waals surface area contributed by atoms with E-state index in [4.69, 9.17) is 11.5 Å². The Kier molecular flexibility index (Phi) is 3.48. The van der Waals surface area contributed by atoms with Crippen molar-refractivity contribution in [2.24, 2.45) is 16.5 Å². The Morgan fingerprint density at radius 2 is 2.21 bits per heavy atom. The Morgan fingerprint density at radius 3 is 2.71 bits per heavy atom. The van der Waals surface area contributed by atoms with Gasteiger partial charge in [-0.3, -0.25) is 0 Å². The van der Waals surface area contributed by atoms with Crippen molar-refractivity contribution in [2.45, 2.75) is 0 Å². The van der Waals surface area contributed by atoms with Crippen LogP contribution in [0.3, 0.4) is 0 Å². The highest BCUT2D eigenvalue weighted by Crippen LogP contribution is 2.11. The van der Waals surface area contributed by atoms with Gasteiger partial charge in [0.1, 0.15) is 5.69 Å². The molecule has 0 saturated heterocycles. The van der Waals surface area contributed by atoms with Crippen molar-refractivity contribution >= 4 is 39.1 Å². The normalized spacial score (nSPS) is 11.4. The second-order valence-corrected chi connectivity index (χ2v) is 3.65. The van der Waals surface area contributed by atoms with Crippen LogP contribution in [0.5, 0.6) is 0 Å². The number of nitrogens with two attached hydrogens (primary N) is 2. The SMILES string of the molecule is NC(=S)N=C(N)c1ncc(Br)cc1F. The zero-order valence-electron chi connectivity index (χ0n) is 6.87. The molecular formula is C7H6BrFN4S. The van der Waals surface area contributed by atoms with Gasteiger partial charge >= 0.3 is 0 Å². The van der Waals surface area contributed by atoms with Gasteiger partial charge in [-0.15, -0.1) is 0 Å². The lowest BCUT2D eigenvalue weighted by Crippen LogP contribution is -2.20. The second kappa shape index (κ2) is 4.43. The predicted molar refractivity (Wildman–Crippen MR) is 59.4 cm³/mol. The van der Waals surface area contributed by atoms with E-state index in [1.54, 1.807) is 0 Å². The third-order valence-electron chi connectivity index (χ3n) is 1.28. The minimum Gasteiger partial charge on any atom is -0.382 e. The number of rotatable bonds is 1. The van der Waals surface area contributed by atoms with Crippen LogP contribution in [0.4, 0.5) is 4.39 Å². The van der Waals surface area contributed by atoms with Gasteiger partial charge in [-0.1, -0.05) is 0 Å². The first-order valence-electron chi connectivity index (χ1n) is 3.45. The molecule has 1 heterocycles. The number of hydrogen-bond acceptors (Lipinski definition) is 2. The summed E-state index contributed by atoms with van der Waals surface area (Å²) in [4.78, 5) is 7.26. The highest BCUT2D eigenvalue weighted by Gasteiger charge is 2.08. The minimum absolute atomic E-state index is 0.0685. The topological polar surface area (TPSA) is 77.3 Å². The molecule has 0 amide bonds. The quantitative estimate of drug-likeness (QED) is 0.455. The van der Waals surface area contributed by atoms with Crippen molar-refractivity contribution < 1.29 is 4.39 Å². The first-order chi connectivity index (χ1) is 6.50. The average molecular weight is 277 g/mol. The van der Waals surface area contributed by atoms with Crippen LogP contribution in [-0.2, 0) is 0 Å². The Morgan fingerprint density at radius 1 is 1.57 bits per heavy atom.